The predicted molar refractivity (Wildman–Crippen MR) is 239 cm³/mol. The van der Waals surface area contributed by atoms with Crippen molar-refractivity contribution in [3.05, 3.63) is 80.9 Å². The molecule has 2 aromatic rings. The molecule has 5 aliphatic rings. The Morgan fingerprint density at radius 3 is 1.77 bits per heavy atom. The Bertz CT molecular complexity index is 2410. The van der Waals surface area contributed by atoms with Crippen molar-refractivity contribution in [3.63, 3.8) is 0 Å². The first-order valence-electron chi connectivity index (χ1n) is 21.2. The molecule has 20 nitrogen and oxygen atoms in total. The van der Waals surface area contributed by atoms with E-state index in [0.29, 0.717) is 11.4 Å². The van der Waals surface area contributed by atoms with Crippen LogP contribution in [-0.2, 0) is 33.5 Å². The number of nitrogens with zero attached hydrogens (tertiary/aromatic N) is 2. The average Bonchev–Trinajstić information content (AvgIpc) is 4.04. The molecule has 22 heteroatoms. The quantitative estimate of drug-likeness (QED) is 0.0806. The Labute approximate surface area is 386 Å². The number of aliphatic hydroxyl groups is 2. The van der Waals surface area contributed by atoms with Gasteiger partial charge in [0.25, 0.3) is 12.4 Å². The molecule has 9 N–H and O–H groups in total. The fourth-order valence-corrected chi connectivity index (χ4v) is 12.5. The zero-order valence-corrected chi connectivity index (χ0v) is 37.7. The van der Waals surface area contributed by atoms with Gasteiger partial charge in [-0.05, 0) is 63.1 Å². The van der Waals surface area contributed by atoms with Crippen LogP contribution >= 0.6 is 23.5 Å². The number of hydrogen-bond acceptors (Lipinski definition) is 15. The topological polar surface area (TPSA) is 302 Å². The minimum absolute atomic E-state index is 0.0131. The van der Waals surface area contributed by atoms with Crippen molar-refractivity contribution in [2.45, 2.75) is 93.5 Å². The summed E-state index contributed by atoms with van der Waals surface area (Å²) in [5.74, 6) is -7.92. The molecule has 0 aliphatic carbocycles. The number of aliphatic carboxylic acids is 2. The summed E-state index contributed by atoms with van der Waals surface area (Å²) in [4.78, 5) is 106. The molecule has 0 spiro atoms. The third-order valence-corrected chi connectivity index (χ3v) is 15.6. The van der Waals surface area contributed by atoms with E-state index in [1.807, 2.05) is 6.92 Å². The zero-order chi connectivity index (χ0) is 47.9. The Morgan fingerprint density at radius 2 is 1.29 bits per heavy atom. The lowest BCUT2D eigenvalue weighted by Crippen LogP contribution is -2.63. The Balaban J connectivity index is 1.06. The molecule has 66 heavy (non-hydrogen) atoms. The van der Waals surface area contributed by atoms with Crippen molar-refractivity contribution in [1.29, 1.82) is 0 Å². The minimum atomic E-state index is -1.48. The number of rotatable bonds is 17. The number of amides is 4. The summed E-state index contributed by atoms with van der Waals surface area (Å²) in [5.41, 5.74) is -0.103. The summed E-state index contributed by atoms with van der Waals surface area (Å²) in [6.07, 6.45) is -3.16. The summed E-state index contributed by atoms with van der Waals surface area (Å²) >= 11 is 2.42. The second-order valence-electron chi connectivity index (χ2n) is 17.0. The molecule has 0 saturated carbocycles. The lowest BCUT2D eigenvalue weighted by Gasteiger charge is -2.46. The van der Waals surface area contributed by atoms with E-state index >= 15 is 0 Å². The van der Waals surface area contributed by atoms with Crippen LogP contribution in [0, 0.1) is 17.8 Å². The summed E-state index contributed by atoms with van der Waals surface area (Å²) in [5, 5.41) is 62.3. The van der Waals surface area contributed by atoms with Crippen molar-refractivity contribution in [2.75, 3.05) is 23.7 Å². The largest absolute Gasteiger partial charge is 0.478 e. The number of nitrogens with one attached hydrogen (secondary N) is 4. The van der Waals surface area contributed by atoms with E-state index in [1.165, 1.54) is 73.0 Å². The maximum absolute atomic E-state index is 14.6. The second kappa shape index (κ2) is 19.6. The fraction of sp³-hybridized carbons (Fsp3) is 0.455. The maximum atomic E-state index is 14.6. The molecule has 352 valence electrons. The molecule has 0 bridgehead atoms. The molecule has 2 aromatic carbocycles. The van der Waals surface area contributed by atoms with Crippen molar-refractivity contribution in [2.24, 2.45) is 17.8 Å². The first kappa shape index (κ1) is 48.2. The smallest absolute Gasteiger partial charge is 0.353 e. The first-order chi connectivity index (χ1) is 31.3. The fourth-order valence-electron chi connectivity index (χ4n) is 9.53. The summed E-state index contributed by atoms with van der Waals surface area (Å²) in [6.45, 7) is 7.01. The second-order valence-corrected chi connectivity index (χ2v) is 19.7. The summed E-state index contributed by atoms with van der Waals surface area (Å²) in [6, 6.07) is 8.43. The average molecular weight is 951 g/mol. The Morgan fingerprint density at radius 1 is 0.773 bits per heavy atom. The third-order valence-electron chi connectivity index (χ3n) is 12.6. The van der Waals surface area contributed by atoms with Crippen LogP contribution < -0.4 is 21.3 Å². The number of aromatic carboxylic acids is 1. The van der Waals surface area contributed by atoms with Crippen LogP contribution in [0.15, 0.2) is 69.7 Å². The maximum Gasteiger partial charge on any atom is 0.353 e. The van der Waals surface area contributed by atoms with E-state index in [2.05, 4.69) is 21.3 Å². The highest BCUT2D eigenvalue weighted by molar-refractivity contribution is 8.04. The highest BCUT2D eigenvalue weighted by Gasteiger charge is 2.60. The molecule has 5 aliphatic heterocycles. The van der Waals surface area contributed by atoms with E-state index in [1.54, 1.807) is 13.0 Å². The van der Waals surface area contributed by atoms with Crippen LogP contribution in [0.2, 0.25) is 0 Å². The normalized spacial score (nSPS) is 28.3. The van der Waals surface area contributed by atoms with Gasteiger partial charge < -0.3 is 56.4 Å². The van der Waals surface area contributed by atoms with Gasteiger partial charge in [-0.15, -0.1) is 23.5 Å². The van der Waals surface area contributed by atoms with Gasteiger partial charge in [0.1, 0.15) is 17.5 Å². The number of fused-ring (bicyclic) bond motifs is 1. The van der Waals surface area contributed by atoms with E-state index in [-0.39, 0.29) is 75.4 Å². The van der Waals surface area contributed by atoms with Gasteiger partial charge in [0.15, 0.2) is 0 Å². The SMILES string of the molecule is C[C@@H](O)[C@@H](OC=O)[C@H]1[C@@H](C)C(S[C@@H]2CN[C@H](C(=O)Nc3cccc(C(=O)O)c3)C2)=C(C(=O)O)N1C(=O)c1cccc(NC(=O)[C@@H]2C[C@H](SC3=C(C(=O)O)N4C(=O)[C@H]([C@@H](C)O)[C@H]4[C@H]3C)CN2)c1. The molecule has 5 heterocycles. The number of carboxylic acid groups (broad SMARTS) is 3. The third kappa shape index (κ3) is 9.29. The highest BCUT2D eigenvalue weighted by Crippen LogP contribution is 2.52. The van der Waals surface area contributed by atoms with Crippen LogP contribution in [0.4, 0.5) is 11.4 Å². The van der Waals surface area contributed by atoms with Gasteiger partial charge in [-0.25, -0.2) is 14.4 Å². The number of carbonyl (C=O) groups is 8. The van der Waals surface area contributed by atoms with Crippen LogP contribution in [0.25, 0.3) is 0 Å². The standard InChI is InChI=1S/C44H50N6O14S2/c1-18-31-30(20(3)52)41(57)49(31)33(43(60)61)36(18)65-26-13-28(45-15-26)38(54)47-24-9-5-7-22(11-24)40(56)50-32(35(21(4)53)64-17-51)19(2)37(34(50)44(62)63)66-27-14-29(46-16-27)39(55)48-25-10-6-8-23(12-25)42(58)59/h5-12,17-21,26-32,35,45-46,52-53H,13-16H2,1-4H3,(H,47,54)(H,48,55)(H,58,59)(H,60,61)(H,62,63)/t18-,19-,20-,21-,26+,27+,28+,29+,30-,31-,32-,35-/m1/s1. The summed E-state index contributed by atoms with van der Waals surface area (Å²) in [7, 11) is 0. The molecule has 3 saturated heterocycles. The highest BCUT2D eigenvalue weighted by atomic mass is 32.2. The van der Waals surface area contributed by atoms with Crippen molar-refractivity contribution in [1.82, 2.24) is 20.4 Å². The zero-order valence-electron chi connectivity index (χ0n) is 36.1. The molecular formula is C44H50N6O14S2. The number of carboxylic acids is 3. The van der Waals surface area contributed by atoms with Crippen LogP contribution in [-0.4, -0.2) is 149 Å². The molecule has 4 amide bonds. The molecule has 0 unspecified atom stereocenters. The first-order valence-corrected chi connectivity index (χ1v) is 23.0. The van der Waals surface area contributed by atoms with Gasteiger partial charge in [0.2, 0.25) is 17.7 Å². The number of aliphatic hydroxyl groups excluding tert-OH is 2. The Kier molecular flexibility index (Phi) is 14.3. The molecular weight excluding hydrogens is 901 g/mol. The van der Waals surface area contributed by atoms with Crippen LogP contribution in [0.5, 0.6) is 0 Å². The number of benzene rings is 2. The van der Waals surface area contributed by atoms with Crippen molar-refractivity contribution >= 4 is 82.9 Å². The predicted octanol–water partition coefficient (Wildman–Crippen LogP) is 1.72. The number of hydrogen-bond donors (Lipinski definition) is 9. The van der Waals surface area contributed by atoms with Gasteiger partial charge in [0.05, 0.1) is 47.9 Å². The van der Waals surface area contributed by atoms with Gasteiger partial charge >= 0.3 is 17.9 Å². The molecule has 0 aromatic heterocycles. The van der Waals surface area contributed by atoms with Gasteiger partial charge in [-0.1, -0.05) is 26.0 Å². The lowest BCUT2D eigenvalue weighted by molar-refractivity contribution is -0.163. The molecule has 0 radical (unpaired) electrons. The number of ether oxygens (including phenoxy) is 1. The number of carbonyl (C=O) groups excluding carboxylic acids is 5. The number of β-lactam (4-membered cyclic amide) rings is 1. The lowest BCUT2D eigenvalue weighted by atomic mass is 9.79. The van der Waals surface area contributed by atoms with Crippen LogP contribution in [0.1, 0.15) is 61.3 Å². The van der Waals surface area contributed by atoms with E-state index in [0.717, 1.165) is 16.7 Å². The van der Waals surface area contributed by atoms with E-state index in [9.17, 15) is 63.9 Å². The minimum Gasteiger partial charge on any atom is -0.478 e. The van der Waals surface area contributed by atoms with Crippen molar-refractivity contribution < 1.29 is 68.6 Å². The van der Waals surface area contributed by atoms with Gasteiger partial charge in [-0.3, -0.25) is 28.9 Å². The van der Waals surface area contributed by atoms with Crippen LogP contribution in [0.3, 0.4) is 0 Å². The number of anilines is 2. The van der Waals surface area contributed by atoms with E-state index in [4.69, 9.17) is 4.74 Å². The van der Waals surface area contributed by atoms with Crippen molar-refractivity contribution in [3.8, 4) is 0 Å². The van der Waals surface area contributed by atoms with Gasteiger partial charge in [-0.2, -0.15) is 0 Å². The molecule has 7 rings (SSSR count). The molecule has 3 fully saturated rings. The van der Waals surface area contributed by atoms with Gasteiger partial charge in [0, 0.05) is 62.2 Å². The summed E-state index contributed by atoms with van der Waals surface area (Å²) < 4.78 is 5.31. The van der Waals surface area contributed by atoms with E-state index < -0.39 is 102 Å². The Hall–Kier alpha value is -5.78. The molecule has 12 atom stereocenters. The monoisotopic (exact) mass is 950 g/mol. The number of thioether (sulfide) groups is 2.